The molecule has 0 aliphatic rings. The van der Waals surface area contributed by atoms with Crippen LogP contribution in [0.25, 0.3) is 0 Å². The predicted octanol–water partition coefficient (Wildman–Crippen LogP) is 2.30. The Kier molecular flexibility index (Phi) is 4.11. The Bertz CT molecular complexity index is 284. The highest BCUT2D eigenvalue weighted by atomic mass is 19.4. The van der Waals surface area contributed by atoms with Gasteiger partial charge in [0.15, 0.2) is 0 Å². The average Bonchev–Trinajstić information content (AvgIpc) is 2.17. The van der Waals surface area contributed by atoms with Crippen LogP contribution in [0.5, 0.6) is 0 Å². The smallest absolute Gasteiger partial charge is 0.386 e. The first-order valence-electron chi connectivity index (χ1n) is 4.36. The van der Waals surface area contributed by atoms with Gasteiger partial charge >= 0.3 is 6.18 Å². The molecule has 0 spiro atoms. The van der Waals surface area contributed by atoms with E-state index in [0.717, 1.165) is 0 Å². The van der Waals surface area contributed by atoms with Gasteiger partial charge in [0.05, 0.1) is 6.61 Å². The molecule has 0 radical (unpaired) electrons. The number of alkyl halides is 3. The average molecular weight is 220 g/mol. The second-order valence-corrected chi connectivity index (χ2v) is 3.06. The lowest BCUT2D eigenvalue weighted by Gasteiger charge is -2.12. The molecule has 1 unspecified atom stereocenters. The molecule has 0 amide bonds. The van der Waals surface area contributed by atoms with Crippen LogP contribution in [0.1, 0.15) is 11.7 Å². The highest BCUT2D eigenvalue weighted by Crippen LogP contribution is 2.17. The number of rotatable bonds is 4. The van der Waals surface area contributed by atoms with Crippen molar-refractivity contribution in [3.05, 3.63) is 35.9 Å². The summed E-state index contributed by atoms with van der Waals surface area (Å²) in [5.74, 6) is 0. The fourth-order valence-electron chi connectivity index (χ4n) is 1.06. The van der Waals surface area contributed by atoms with Crippen LogP contribution in [0.15, 0.2) is 30.3 Å². The van der Waals surface area contributed by atoms with E-state index in [0.29, 0.717) is 5.56 Å². The Hall–Kier alpha value is -1.07. The molecule has 1 aromatic rings. The third kappa shape index (κ3) is 4.80. The monoisotopic (exact) mass is 220 g/mol. The van der Waals surface area contributed by atoms with Crippen molar-refractivity contribution in [3.63, 3.8) is 0 Å². The minimum absolute atomic E-state index is 0.358. The molecular weight excluding hydrogens is 209 g/mol. The number of aliphatic hydroxyl groups excluding tert-OH is 1. The zero-order chi connectivity index (χ0) is 11.3. The molecule has 5 heteroatoms. The molecule has 1 N–H and O–H groups in total. The Morgan fingerprint density at radius 2 is 1.80 bits per heavy atom. The normalized spacial score (nSPS) is 13.9. The maximum absolute atomic E-state index is 11.7. The first-order valence-corrected chi connectivity index (χ1v) is 4.36. The summed E-state index contributed by atoms with van der Waals surface area (Å²) in [7, 11) is 0. The second kappa shape index (κ2) is 5.14. The number of aliphatic hydroxyl groups is 1. The van der Waals surface area contributed by atoms with E-state index in [1.807, 2.05) is 0 Å². The standard InChI is InChI=1S/C10H11F3O2/c11-10(12,13)7-15-6-9(14)8-4-2-1-3-5-8/h1-5,9,14H,6-7H2. The Balaban J connectivity index is 2.34. The van der Waals surface area contributed by atoms with Crippen molar-refractivity contribution in [2.75, 3.05) is 13.2 Å². The molecule has 15 heavy (non-hydrogen) atoms. The predicted molar refractivity (Wildman–Crippen MR) is 48.3 cm³/mol. The van der Waals surface area contributed by atoms with E-state index in [-0.39, 0.29) is 6.61 Å². The van der Waals surface area contributed by atoms with Gasteiger partial charge in [0.1, 0.15) is 12.7 Å². The van der Waals surface area contributed by atoms with Crippen molar-refractivity contribution in [2.24, 2.45) is 0 Å². The highest BCUT2D eigenvalue weighted by molar-refractivity contribution is 5.17. The summed E-state index contributed by atoms with van der Waals surface area (Å²) < 4.78 is 39.4. The van der Waals surface area contributed by atoms with E-state index in [1.54, 1.807) is 30.3 Å². The van der Waals surface area contributed by atoms with Crippen molar-refractivity contribution in [1.29, 1.82) is 0 Å². The van der Waals surface area contributed by atoms with Crippen LogP contribution in [-0.4, -0.2) is 24.5 Å². The minimum Gasteiger partial charge on any atom is -0.386 e. The second-order valence-electron chi connectivity index (χ2n) is 3.06. The molecule has 0 fully saturated rings. The molecule has 0 aliphatic heterocycles. The van der Waals surface area contributed by atoms with Crippen molar-refractivity contribution < 1.29 is 23.0 Å². The van der Waals surface area contributed by atoms with Gasteiger partial charge in [-0.2, -0.15) is 13.2 Å². The van der Waals surface area contributed by atoms with Crippen LogP contribution in [0.2, 0.25) is 0 Å². The van der Waals surface area contributed by atoms with Gasteiger partial charge in [-0.05, 0) is 5.56 Å². The lowest BCUT2D eigenvalue weighted by Crippen LogP contribution is -2.19. The zero-order valence-electron chi connectivity index (χ0n) is 7.87. The topological polar surface area (TPSA) is 29.5 Å². The number of halogens is 3. The van der Waals surface area contributed by atoms with Gasteiger partial charge in [-0.15, -0.1) is 0 Å². The molecule has 0 bridgehead atoms. The van der Waals surface area contributed by atoms with Crippen LogP contribution in [0.3, 0.4) is 0 Å². The summed E-state index contributed by atoms with van der Waals surface area (Å²) in [6.07, 6.45) is -5.37. The summed E-state index contributed by atoms with van der Waals surface area (Å²) in [4.78, 5) is 0. The Morgan fingerprint density at radius 3 is 2.33 bits per heavy atom. The van der Waals surface area contributed by atoms with Crippen molar-refractivity contribution in [2.45, 2.75) is 12.3 Å². The fraction of sp³-hybridized carbons (Fsp3) is 0.400. The summed E-state index contributed by atoms with van der Waals surface area (Å²) >= 11 is 0. The van der Waals surface area contributed by atoms with Gasteiger partial charge in [-0.25, -0.2) is 0 Å². The van der Waals surface area contributed by atoms with Gasteiger partial charge in [0.2, 0.25) is 0 Å². The minimum atomic E-state index is -4.35. The lowest BCUT2D eigenvalue weighted by atomic mass is 10.1. The van der Waals surface area contributed by atoms with Crippen molar-refractivity contribution >= 4 is 0 Å². The van der Waals surface area contributed by atoms with E-state index < -0.39 is 18.9 Å². The maximum Gasteiger partial charge on any atom is 0.411 e. The van der Waals surface area contributed by atoms with Crippen LogP contribution in [-0.2, 0) is 4.74 Å². The number of benzene rings is 1. The molecule has 0 aromatic heterocycles. The van der Waals surface area contributed by atoms with Crippen LogP contribution in [0.4, 0.5) is 13.2 Å². The van der Waals surface area contributed by atoms with Gasteiger partial charge in [0, 0.05) is 0 Å². The largest absolute Gasteiger partial charge is 0.411 e. The van der Waals surface area contributed by atoms with E-state index in [9.17, 15) is 18.3 Å². The van der Waals surface area contributed by atoms with E-state index in [2.05, 4.69) is 4.74 Å². The quantitative estimate of drug-likeness (QED) is 0.843. The van der Waals surface area contributed by atoms with Crippen LogP contribution < -0.4 is 0 Å². The van der Waals surface area contributed by atoms with Crippen LogP contribution in [0, 0.1) is 0 Å². The van der Waals surface area contributed by atoms with E-state index in [4.69, 9.17) is 0 Å². The van der Waals surface area contributed by atoms with Crippen molar-refractivity contribution in [1.82, 2.24) is 0 Å². The number of hydrogen-bond acceptors (Lipinski definition) is 2. The highest BCUT2D eigenvalue weighted by Gasteiger charge is 2.27. The summed E-state index contributed by atoms with van der Waals surface area (Å²) in [5, 5.41) is 9.43. The van der Waals surface area contributed by atoms with Gasteiger partial charge < -0.3 is 9.84 Å². The summed E-state index contributed by atoms with van der Waals surface area (Å²) in [5.41, 5.74) is 0.541. The first-order chi connectivity index (χ1) is 6.99. The maximum atomic E-state index is 11.7. The third-order valence-electron chi connectivity index (χ3n) is 1.73. The SMILES string of the molecule is OC(COCC(F)(F)F)c1ccccc1. The lowest BCUT2D eigenvalue weighted by molar-refractivity contribution is -0.179. The van der Waals surface area contributed by atoms with Gasteiger partial charge in [0.25, 0.3) is 0 Å². The molecule has 84 valence electrons. The number of hydrogen-bond donors (Lipinski definition) is 1. The summed E-state index contributed by atoms with van der Waals surface area (Å²) in [6, 6.07) is 8.40. The summed E-state index contributed by atoms with van der Waals surface area (Å²) in [6.45, 7) is -1.69. The molecule has 1 aromatic carbocycles. The fourth-order valence-corrected chi connectivity index (χ4v) is 1.06. The third-order valence-corrected chi connectivity index (χ3v) is 1.73. The van der Waals surface area contributed by atoms with E-state index in [1.165, 1.54) is 0 Å². The van der Waals surface area contributed by atoms with Gasteiger partial charge in [-0.1, -0.05) is 30.3 Å². The molecule has 2 nitrogen and oxygen atoms in total. The zero-order valence-corrected chi connectivity index (χ0v) is 7.87. The molecule has 0 saturated carbocycles. The molecule has 0 saturated heterocycles. The van der Waals surface area contributed by atoms with Crippen LogP contribution >= 0.6 is 0 Å². The van der Waals surface area contributed by atoms with Gasteiger partial charge in [-0.3, -0.25) is 0 Å². The number of ether oxygens (including phenoxy) is 1. The molecule has 0 heterocycles. The molecule has 1 atom stereocenters. The Morgan fingerprint density at radius 1 is 1.20 bits per heavy atom. The first kappa shape index (κ1) is 12.0. The molecule has 0 aliphatic carbocycles. The Labute approximate surface area is 85.3 Å². The molecular formula is C10H11F3O2. The van der Waals surface area contributed by atoms with E-state index >= 15 is 0 Å². The molecule has 1 rings (SSSR count). The van der Waals surface area contributed by atoms with Crippen molar-refractivity contribution in [3.8, 4) is 0 Å².